The van der Waals surface area contributed by atoms with E-state index in [4.69, 9.17) is 4.74 Å². The third-order valence-corrected chi connectivity index (χ3v) is 7.62. The number of fused-ring (bicyclic) bond motifs is 1. The Labute approximate surface area is 160 Å². The standard InChI is InChI=1S/C19H27N3O4S/c23-19(18-5-4-12-26-18)20-17-7-6-15-8-11-22(14-16(15)13-17)27(24,25)21-9-2-1-3-10-21/h6-7,13,18H,1-5,8-12,14H2,(H,20,23). The number of carbonyl (C=O) groups is 1. The van der Waals surface area contributed by atoms with Crippen LogP contribution in [0.25, 0.3) is 0 Å². The van der Waals surface area contributed by atoms with Crippen LogP contribution in [0.1, 0.15) is 43.2 Å². The molecule has 2 saturated heterocycles. The van der Waals surface area contributed by atoms with Crippen LogP contribution in [0.4, 0.5) is 5.69 Å². The van der Waals surface area contributed by atoms with Crippen LogP contribution in [0, 0.1) is 0 Å². The smallest absolute Gasteiger partial charge is 0.282 e. The molecule has 0 spiro atoms. The minimum atomic E-state index is -3.42. The lowest BCUT2D eigenvalue weighted by Crippen LogP contribution is -2.47. The molecule has 3 aliphatic heterocycles. The monoisotopic (exact) mass is 393 g/mol. The van der Waals surface area contributed by atoms with E-state index in [0.29, 0.717) is 44.9 Å². The van der Waals surface area contributed by atoms with Crippen molar-refractivity contribution < 1.29 is 17.9 Å². The molecule has 0 radical (unpaired) electrons. The summed E-state index contributed by atoms with van der Waals surface area (Å²) in [5, 5.41) is 2.91. The fourth-order valence-electron chi connectivity index (χ4n) is 4.07. The summed E-state index contributed by atoms with van der Waals surface area (Å²) in [6, 6.07) is 5.78. The third-order valence-electron chi connectivity index (χ3n) is 5.64. The van der Waals surface area contributed by atoms with Crippen LogP contribution in [-0.4, -0.2) is 55.3 Å². The number of ether oxygens (including phenoxy) is 1. The van der Waals surface area contributed by atoms with Gasteiger partial charge in [0.15, 0.2) is 0 Å². The third kappa shape index (κ3) is 4.03. The molecule has 1 unspecified atom stereocenters. The van der Waals surface area contributed by atoms with Crippen molar-refractivity contribution in [3.63, 3.8) is 0 Å². The molecule has 1 N–H and O–H groups in total. The summed E-state index contributed by atoms with van der Waals surface area (Å²) in [4.78, 5) is 12.3. The highest BCUT2D eigenvalue weighted by Gasteiger charge is 2.33. The van der Waals surface area contributed by atoms with Gasteiger partial charge in [-0.25, -0.2) is 0 Å². The van der Waals surface area contributed by atoms with E-state index < -0.39 is 10.2 Å². The predicted octanol–water partition coefficient (Wildman–Crippen LogP) is 1.89. The van der Waals surface area contributed by atoms with Crippen molar-refractivity contribution in [3.05, 3.63) is 29.3 Å². The Bertz CT molecular complexity index is 799. The molecule has 7 nitrogen and oxygen atoms in total. The van der Waals surface area contributed by atoms with E-state index >= 15 is 0 Å². The SMILES string of the molecule is O=C(Nc1ccc2c(c1)CN(S(=O)(=O)N1CCCCC1)CC2)C1CCCO1. The zero-order chi connectivity index (χ0) is 18.9. The van der Waals surface area contributed by atoms with Crippen molar-refractivity contribution in [1.82, 2.24) is 8.61 Å². The Morgan fingerprint density at radius 1 is 1.04 bits per heavy atom. The van der Waals surface area contributed by atoms with Gasteiger partial charge >= 0.3 is 0 Å². The number of piperidine rings is 1. The number of hydrogen-bond acceptors (Lipinski definition) is 4. The Morgan fingerprint density at radius 2 is 1.85 bits per heavy atom. The maximum atomic E-state index is 13.0. The number of nitrogens with zero attached hydrogens (tertiary/aromatic N) is 2. The van der Waals surface area contributed by atoms with Crippen LogP contribution in [0.3, 0.4) is 0 Å². The molecule has 4 rings (SSSR count). The van der Waals surface area contributed by atoms with Gasteiger partial charge in [-0.1, -0.05) is 12.5 Å². The summed E-state index contributed by atoms with van der Waals surface area (Å²) in [6.07, 6.45) is 4.94. The van der Waals surface area contributed by atoms with E-state index in [2.05, 4.69) is 5.32 Å². The van der Waals surface area contributed by atoms with Gasteiger partial charge in [-0.15, -0.1) is 0 Å². The number of nitrogens with one attached hydrogen (secondary N) is 1. The minimum absolute atomic E-state index is 0.124. The Balaban J connectivity index is 1.47. The van der Waals surface area contributed by atoms with Crippen LogP contribution in [0.2, 0.25) is 0 Å². The minimum Gasteiger partial charge on any atom is -0.368 e. The van der Waals surface area contributed by atoms with Crippen molar-refractivity contribution in [2.75, 3.05) is 31.6 Å². The molecule has 1 amide bonds. The molecule has 148 valence electrons. The summed E-state index contributed by atoms with van der Waals surface area (Å²) < 4.78 is 34.5. The van der Waals surface area contributed by atoms with E-state index in [1.807, 2.05) is 18.2 Å². The van der Waals surface area contributed by atoms with E-state index in [9.17, 15) is 13.2 Å². The summed E-state index contributed by atoms with van der Waals surface area (Å²) in [6.45, 7) is 2.73. The van der Waals surface area contributed by atoms with Gasteiger partial charge in [-0.3, -0.25) is 4.79 Å². The molecular weight excluding hydrogens is 366 g/mol. The van der Waals surface area contributed by atoms with Gasteiger partial charge in [0.25, 0.3) is 16.1 Å². The molecule has 3 heterocycles. The maximum absolute atomic E-state index is 13.0. The molecular formula is C19H27N3O4S. The zero-order valence-corrected chi connectivity index (χ0v) is 16.3. The van der Waals surface area contributed by atoms with Crippen LogP contribution < -0.4 is 5.32 Å². The first-order valence-electron chi connectivity index (χ1n) is 9.83. The molecule has 0 saturated carbocycles. The lowest BCUT2D eigenvalue weighted by atomic mass is 10.0. The summed E-state index contributed by atoms with van der Waals surface area (Å²) in [5.41, 5.74) is 2.81. The second-order valence-corrected chi connectivity index (χ2v) is 9.45. The van der Waals surface area contributed by atoms with Crippen molar-refractivity contribution in [1.29, 1.82) is 0 Å². The average Bonchev–Trinajstić information content (AvgIpc) is 3.23. The van der Waals surface area contributed by atoms with Crippen molar-refractivity contribution >= 4 is 21.8 Å². The number of rotatable bonds is 4. The molecule has 3 aliphatic rings. The van der Waals surface area contributed by atoms with Gasteiger partial charge in [0.2, 0.25) is 0 Å². The molecule has 0 aliphatic carbocycles. The predicted molar refractivity (Wildman–Crippen MR) is 103 cm³/mol. The van der Waals surface area contributed by atoms with Crippen molar-refractivity contribution in [3.8, 4) is 0 Å². The Hall–Kier alpha value is -1.48. The van der Waals surface area contributed by atoms with Crippen molar-refractivity contribution in [2.45, 2.75) is 51.2 Å². The molecule has 2 fully saturated rings. The Kier molecular flexibility index (Phi) is 5.50. The quantitative estimate of drug-likeness (QED) is 0.847. The lowest BCUT2D eigenvalue weighted by molar-refractivity contribution is -0.124. The molecule has 8 heteroatoms. The van der Waals surface area contributed by atoms with Gasteiger partial charge in [0.05, 0.1) is 0 Å². The fraction of sp³-hybridized carbons (Fsp3) is 0.632. The van der Waals surface area contributed by atoms with Crippen LogP contribution >= 0.6 is 0 Å². The Morgan fingerprint density at radius 3 is 2.59 bits per heavy atom. The highest BCUT2D eigenvalue weighted by atomic mass is 32.2. The summed E-state index contributed by atoms with van der Waals surface area (Å²) in [7, 11) is -3.42. The molecule has 0 bridgehead atoms. The van der Waals surface area contributed by atoms with E-state index in [0.717, 1.165) is 43.2 Å². The molecule has 0 aromatic heterocycles. The zero-order valence-electron chi connectivity index (χ0n) is 15.5. The highest BCUT2D eigenvalue weighted by Crippen LogP contribution is 2.27. The topological polar surface area (TPSA) is 79.0 Å². The normalized spacial score (nSPS) is 24.5. The first kappa shape index (κ1) is 18.9. The van der Waals surface area contributed by atoms with E-state index in [1.165, 1.54) is 0 Å². The first-order valence-corrected chi connectivity index (χ1v) is 11.2. The van der Waals surface area contributed by atoms with Gasteiger partial charge in [-0.2, -0.15) is 17.0 Å². The first-order chi connectivity index (χ1) is 13.0. The average molecular weight is 394 g/mol. The largest absolute Gasteiger partial charge is 0.368 e. The number of benzene rings is 1. The fourth-order valence-corrected chi connectivity index (χ4v) is 5.74. The molecule has 27 heavy (non-hydrogen) atoms. The molecule has 1 aromatic rings. The second-order valence-electron chi connectivity index (χ2n) is 7.53. The second kappa shape index (κ2) is 7.87. The van der Waals surface area contributed by atoms with Gasteiger partial charge in [0, 0.05) is 38.5 Å². The van der Waals surface area contributed by atoms with E-state index in [-0.39, 0.29) is 12.0 Å². The van der Waals surface area contributed by atoms with Crippen LogP contribution in [0.5, 0.6) is 0 Å². The number of anilines is 1. The van der Waals surface area contributed by atoms with Gasteiger partial charge in [0.1, 0.15) is 6.10 Å². The summed E-state index contributed by atoms with van der Waals surface area (Å²) >= 11 is 0. The van der Waals surface area contributed by atoms with Crippen molar-refractivity contribution in [2.24, 2.45) is 0 Å². The van der Waals surface area contributed by atoms with E-state index in [1.54, 1.807) is 8.61 Å². The summed E-state index contributed by atoms with van der Waals surface area (Å²) in [5.74, 6) is -0.124. The highest BCUT2D eigenvalue weighted by molar-refractivity contribution is 7.86. The van der Waals surface area contributed by atoms with Crippen LogP contribution in [0.15, 0.2) is 18.2 Å². The number of amides is 1. The van der Waals surface area contributed by atoms with Gasteiger partial charge in [-0.05, 0) is 55.4 Å². The molecule has 1 aromatic carbocycles. The number of hydrogen-bond donors (Lipinski definition) is 1. The van der Waals surface area contributed by atoms with Gasteiger partial charge < -0.3 is 10.1 Å². The van der Waals surface area contributed by atoms with Crippen LogP contribution in [-0.2, 0) is 32.7 Å². The lowest BCUT2D eigenvalue weighted by Gasteiger charge is -2.34. The molecule has 1 atom stereocenters. The number of carbonyl (C=O) groups excluding carboxylic acids is 1. The maximum Gasteiger partial charge on any atom is 0.282 e.